The molecule has 0 spiro atoms. The molecule has 5 rings (SSSR count). The van der Waals surface area contributed by atoms with E-state index in [2.05, 4.69) is 20.3 Å². The number of anilines is 1. The van der Waals surface area contributed by atoms with Gasteiger partial charge in [0.2, 0.25) is 0 Å². The number of amides is 1. The predicted molar refractivity (Wildman–Crippen MR) is 106 cm³/mol. The lowest BCUT2D eigenvalue weighted by atomic mass is 10.1. The van der Waals surface area contributed by atoms with Crippen molar-refractivity contribution in [3.05, 3.63) is 69.9 Å². The fourth-order valence-corrected chi connectivity index (χ4v) is 3.70. The Kier molecular flexibility index (Phi) is 3.63. The lowest BCUT2D eigenvalue weighted by Gasteiger charge is -2.02. The predicted octanol–water partition coefficient (Wildman–Crippen LogP) is 3.45. The third kappa shape index (κ3) is 2.87. The van der Waals surface area contributed by atoms with E-state index in [4.69, 9.17) is 4.42 Å². The summed E-state index contributed by atoms with van der Waals surface area (Å²) in [5, 5.41) is 5.13. The number of oxazole rings is 1. The van der Waals surface area contributed by atoms with Gasteiger partial charge in [0, 0.05) is 28.9 Å². The van der Waals surface area contributed by atoms with E-state index in [0.717, 1.165) is 11.3 Å². The molecule has 5 aromatic rings. The highest BCUT2D eigenvalue weighted by atomic mass is 32.1. The first-order valence-corrected chi connectivity index (χ1v) is 9.29. The second-order valence-electron chi connectivity index (χ2n) is 6.28. The van der Waals surface area contributed by atoms with Crippen LogP contribution in [0.1, 0.15) is 16.1 Å². The summed E-state index contributed by atoms with van der Waals surface area (Å²) in [4.78, 5) is 35.3. The average Bonchev–Trinajstić information content (AvgIpc) is 3.36. The first-order valence-electron chi connectivity index (χ1n) is 8.41. The Bertz CT molecular complexity index is 1410. The molecule has 1 aromatic carbocycles. The number of thiazole rings is 1. The fraction of sp³-hybridized carbons (Fsp3) is 0.0526. The summed E-state index contributed by atoms with van der Waals surface area (Å²) >= 11 is 1.32. The molecule has 0 bridgehead atoms. The summed E-state index contributed by atoms with van der Waals surface area (Å²) in [6, 6.07) is 8.80. The number of hydrogen-bond donors (Lipinski definition) is 2. The quantitative estimate of drug-likeness (QED) is 0.490. The maximum absolute atomic E-state index is 12.6. The van der Waals surface area contributed by atoms with Crippen molar-refractivity contribution in [2.45, 2.75) is 6.92 Å². The largest absolute Gasteiger partial charge is 0.417 e. The average molecular weight is 391 g/mol. The Hall–Kier alpha value is -3.72. The number of H-pyrrole nitrogens is 1. The molecule has 4 aromatic heterocycles. The summed E-state index contributed by atoms with van der Waals surface area (Å²) in [5.74, 6) is -0.751. The minimum absolute atomic E-state index is 0.254. The molecule has 0 saturated heterocycles. The number of benzene rings is 1. The van der Waals surface area contributed by atoms with E-state index in [-0.39, 0.29) is 5.91 Å². The van der Waals surface area contributed by atoms with Crippen molar-refractivity contribution in [2.24, 2.45) is 0 Å². The standard InChI is InChI=1S/C19H13N5O3S/c1-10-8-24-5-4-12(7-16(24)20-10)17(25)23-18-21-14(9-28-18)11-2-3-13-15(6-11)27-19(26)22-13/h2-9H,1H3,(H,22,26)(H,21,23,25). The molecule has 0 aliphatic heterocycles. The normalized spacial score (nSPS) is 11.3. The summed E-state index contributed by atoms with van der Waals surface area (Å²) < 4.78 is 6.95. The maximum atomic E-state index is 12.6. The lowest BCUT2D eigenvalue weighted by molar-refractivity contribution is 0.102. The van der Waals surface area contributed by atoms with Crippen LogP contribution in [-0.4, -0.2) is 25.3 Å². The Morgan fingerprint density at radius 1 is 1.25 bits per heavy atom. The van der Waals surface area contributed by atoms with E-state index < -0.39 is 5.76 Å². The number of carbonyl (C=O) groups is 1. The number of imidazole rings is 1. The number of aromatic nitrogens is 4. The zero-order valence-corrected chi connectivity index (χ0v) is 15.4. The molecule has 28 heavy (non-hydrogen) atoms. The van der Waals surface area contributed by atoms with Crippen LogP contribution in [0, 0.1) is 6.92 Å². The Morgan fingerprint density at radius 3 is 3.04 bits per heavy atom. The van der Waals surface area contributed by atoms with Gasteiger partial charge in [0.05, 0.1) is 16.9 Å². The molecule has 0 atom stereocenters. The van der Waals surface area contributed by atoms with E-state index in [1.54, 1.807) is 30.5 Å². The van der Waals surface area contributed by atoms with E-state index in [1.165, 1.54) is 11.3 Å². The van der Waals surface area contributed by atoms with Crippen LogP contribution in [0.25, 0.3) is 28.0 Å². The molecule has 138 valence electrons. The number of aromatic amines is 1. The van der Waals surface area contributed by atoms with Crippen LogP contribution in [-0.2, 0) is 0 Å². The molecule has 2 N–H and O–H groups in total. The smallest absolute Gasteiger partial charge is 0.408 e. The van der Waals surface area contributed by atoms with Gasteiger partial charge in [-0.2, -0.15) is 0 Å². The number of nitrogens with one attached hydrogen (secondary N) is 2. The summed E-state index contributed by atoms with van der Waals surface area (Å²) in [6.07, 6.45) is 3.70. The van der Waals surface area contributed by atoms with Crippen LogP contribution in [0.3, 0.4) is 0 Å². The van der Waals surface area contributed by atoms with Gasteiger partial charge in [-0.3, -0.25) is 15.1 Å². The maximum Gasteiger partial charge on any atom is 0.417 e. The van der Waals surface area contributed by atoms with Crippen molar-refractivity contribution in [1.29, 1.82) is 0 Å². The van der Waals surface area contributed by atoms with Gasteiger partial charge in [0.15, 0.2) is 10.7 Å². The zero-order chi connectivity index (χ0) is 19.3. The van der Waals surface area contributed by atoms with Gasteiger partial charge in [-0.15, -0.1) is 11.3 Å². The van der Waals surface area contributed by atoms with Gasteiger partial charge >= 0.3 is 5.76 Å². The number of hydrogen-bond acceptors (Lipinski definition) is 6. The monoisotopic (exact) mass is 391 g/mol. The molecule has 4 heterocycles. The van der Waals surface area contributed by atoms with Gasteiger partial charge in [-0.1, -0.05) is 6.07 Å². The van der Waals surface area contributed by atoms with Gasteiger partial charge in [-0.25, -0.2) is 14.8 Å². The van der Waals surface area contributed by atoms with Crippen LogP contribution in [0.4, 0.5) is 5.13 Å². The zero-order valence-electron chi connectivity index (χ0n) is 14.6. The Labute approximate surface area is 161 Å². The molecule has 0 fully saturated rings. The van der Waals surface area contributed by atoms with Gasteiger partial charge in [0.25, 0.3) is 5.91 Å². The van der Waals surface area contributed by atoms with Crippen molar-refractivity contribution in [2.75, 3.05) is 5.32 Å². The molecule has 0 unspecified atom stereocenters. The number of pyridine rings is 1. The van der Waals surface area contributed by atoms with Crippen LogP contribution in [0.5, 0.6) is 0 Å². The van der Waals surface area contributed by atoms with Gasteiger partial charge in [-0.05, 0) is 31.2 Å². The van der Waals surface area contributed by atoms with E-state index in [1.807, 2.05) is 29.0 Å². The Balaban J connectivity index is 1.40. The highest BCUT2D eigenvalue weighted by Gasteiger charge is 2.12. The van der Waals surface area contributed by atoms with E-state index in [9.17, 15) is 9.59 Å². The number of carbonyl (C=O) groups excluding carboxylic acids is 1. The second-order valence-corrected chi connectivity index (χ2v) is 7.14. The van der Waals surface area contributed by atoms with E-state index >= 15 is 0 Å². The van der Waals surface area contributed by atoms with Gasteiger partial charge < -0.3 is 8.82 Å². The molecule has 0 aliphatic carbocycles. The van der Waals surface area contributed by atoms with E-state index in [0.29, 0.717) is 33.1 Å². The number of fused-ring (bicyclic) bond motifs is 2. The molecule has 9 heteroatoms. The molecule has 0 radical (unpaired) electrons. The third-order valence-electron chi connectivity index (χ3n) is 4.28. The SMILES string of the molecule is Cc1cn2ccc(C(=O)Nc3nc(-c4ccc5[nH]c(=O)oc5c4)cs3)cc2n1. The summed E-state index contributed by atoms with van der Waals surface area (Å²) in [5.41, 5.74) is 4.67. The molecule has 8 nitrogen and oxygen atoms in total. The number of nitrogens with zero attached hydrogens (tertiary/aromatic N) is 3. The van der Waals surface area contributed by atoms with Crippen LogP contribution in [0.2, 0.25) is 0 Å². The first-order chi connectivity index (χ1) is 13.5. The first kappa shape index (κ1) is 16.5. The minimum Gasteiger partial charge on any atom is -0.408 e. The molecule has 0 saturated carbocycles. The number of aryl methyl sites for hydroxylation is 1. The molecule has 1 amide bonds. The van der Waals surface area contributed by atoms with Crippen molar-refractivity contribution in [3.8, 4) is 11.3 Å². The second kappa shape index (κ2) is 6.17. The lowest BCUT2D eigenvalue weighted by Crippen LogP contribution is -2.12. The van der Waals surface area contributed by atoms with Crippen LogP contribution >= 0.6 is 11.3 Å². The number of rotatable bonds is 3. The fourth-order valence-electron chi connectivity index (χ4n) is 2.99. The Morgan fingerprint density at radius 2 is 2.14 bits per heavy atom. The van der Waals surface area contributed by atoms with Crippen molar-refractivity contribution >= 4 is 39.1 Å². The van der Waals surface area contributed by atoms with Crippen molar-refractivity contribution in [3.63, 3.8) is 0 Å². The third-order valence-corrected chi connectivity index (χ3v) is 5.04. The van der Waals surface area contributed by atoms with Crippen molar-refractivity contribution in [1.82, 2.24) is 19.4 Å². The molecular weight excluding hydrogens is 378 g/mol. The topological polar surface area (TPSA) is 105 Å². The van der Waals surface area contributed by atoms with Crippen LogP contribution < -0.4 is 11.1 Å². The van der Waals surface area contributed by atoms with Gasteiger partial charge in [0.1, 0.15) is 5.65 Å². The summed E-state index contributed by atoms with van der Waals surface area (Å²) in [7, 11) is 0. The van der Waals surface area contributed by atoms with Crippen molar-refractivity contribution < 1.29 is 9.21 Å². The minimum atomic E-state index is -0.497. The molecule has 0 aliphatic rings. The highest BCUT2D eigenvalue weighted by molar-refractivity contribution is 7.14. The summed E-state index contributed by atoms with van der Waals surface area (Å²) in [6.45, 7) is 1.90. The highest BCUT2D eigenvalue weighted by Crippen LogP contribution is 2.27. The molecular formula is C19H13N5O3S. The van der Waals surface area contributed by atoms with Crippen LogP contribution in [0.15, 0.2) is 57.3 Å².